The molecule has 6 rings (SSSR count). The molecule has 2 N–H and O–H groups in total. The number of nitrogens with two attached hydrogens (primary N) is 1. The molecule has 2 aromatic carbocycles. The van der Waals surface area contributed by atoms with E-state index in [4.69, 9.17) is 15.6 Å². The topological polar surface area (TPSA) is 66.5 Å². The number of likely N-dealkylation sites (N-methyl/N-ethyl adjacent to an activating group) is 1. The molecule has 7 nitrogen and oxygen atoms in total. The van der Waals surface area contributed by atoms with Gasteiger partial charge in [0.1, 0.15) is 24.3 Å². The zero-order valence-electron chi connectivity index (χ0n) is 21.0. The minimum atomic E-state index is 0.0700. The highest BCUT2D eigenvalue weighted by atomic mass is 16.5. The van der Waals surface area contributed by atoms with Gasteiger partial charge in [-0.05, 0) is 49.6 Å². The van der Waals surface area contributed by atoms with Gasteiger partial charge in [0.25, 0.3) is 5.84 Å². The van der Waals surface area contributed by atoms with Crippen LogP contribution in [0.2, 0.25) is 0 Å². The van der Waals surface area contributed by atoms with E-state index in [0.29, 0.717) is 12.5 Å². The first-order chi connectivity index (χ1) is 17.6. The molecule has 1 atom stereocenters. The van der Waals surface area contributed by atoms with E-state index in [1.54, 1.807) is 6.20 Å². The maximum Gasteiger partial charge on any atom is 0.265 e. The summed E-state index contributed by atoms with van der Waals surface area (Å²) in [5, 5.41) is 0. The molecule has 2 aromatic rings. The average Bonchev–Trinajstić information content (AvgIpc) is 3.19. The molecule has 4 aliphatic rings. The smallest absolute Gasteiger partial charge is 0.265 e. The third-order valence-electron chi connectivity index (χ3n) is 7.90. The second-order valence-corrected chi connectivity index (χ2v) is 10.5. The minimum absolute atomic E-state index is 0.0700. The number of piperazine rings is 1. The molecule has 0 amide bonds. The average molecular weight is 484 g/mol. The van der Waals surface area contributed by atoms with Crippen molar-refractivity contribution in [2.45, 2.75) is 19.4 Å². The lowest BCUT2D eigenvalue weighted by Crippen LogP contribution is -2.53. The van der Waals surface area contributed by atoms with E-state index in [-0.39, 0.29) is 4.59 Å². The number of hydrogen-bond acceptors (Lipinski definition) is 6. The number of amidine groups is 1. The molecular formula is C29H35N6O+. The standard InChI is InChI=1S/C29H35N6O/c1-33-11-13-34(14-12-33)20-23-16-25(17-23)28-27-19-31-10-15-35(27,30)29(32-28)24-8-5-9-26(18-24)36-21-22-6-3-2-4-7-22/h2-10,15,18-19,23,25H,11-14,16-17,20-21,30H2,1H3/q+1. The summed E-state index contributed by atoms with van der Waals surface area (Å²) in [6, 6.07) is 18.3. The fourth-order valence-electron chi connectivity index (χ4n) is 5.68. The van der Waals surface area contributed by atoms with Crippen LogP contribution in [0, 0.1) is 11.8 Å². The molecule has 0 radical (unpaired) electrons. The van der Waals surface area contributed by atoms with Gasteiger partial charge in [0.15, 0.2) is 0 Å². The highest BCUT2D eigenvalue weighted by molar-refractivity contribution is 6.00. The van der Waals surface area contributed by atoms with Crippen molar-refractivity contribution in [2.24, 2.45) is 27.7 Å². The summed E-state index contributed by atoms with van der Waals surface area (Å²) in [4.78, 5) is 14.6. The van der Waals surface area contributed by atoms with Crippen molar-refractivity contribution in [3.8, 4) is 5.75 Å². The molecule has 2 fully saturated rings. The Morgan fingerprint density at radius 1 is 1.03 bits per heavy atom. The minimum Gasteiger partial charge on any atom is -0.489 e. The van der Waals surface area contributed by atoms with Gasteiger partial charge >= 0.3 is 0 Å². The molecule has 36 heavy (non-hydrogen) atoms. The van der Waals surface area contributed by atoms with Crippen molar-refractivity contribution >= 4 is 12.1 Å². The fourth-order valence-corrected chi connectivity index (χ4v) is 5.68. The number of rotatable bonds is 7. The number of fused-ring (bicyclic) bond motifs is 1. The summed E-state index contributed by atoms with van der Waals surface area (Å²) in [7, 11) is 2.21. The summed E-state index contributed by atoms with van der Waals surface area (Å²) >= 11 is 0. The van der Waals surface area contributed by atoms with Gasteiger partial charge in [-0.25, -0.2) is 0 Å². The Morgan fingerprint density at radius 3 is 2.64 bits per heavy atom. The lowest BCUT2D eigenvalue weighted by atomic mass is 9.72. The third-order valence-corrected chi connectivity index (χ3v) is 7.90. The number of hydrogen-bond donors (Lipinski definition) is 1. The Kier molecular flexibility index (Phi) is 6.31. The number of aliphatic imine (C=N–C) groups is 2. The van der Waals surface area contributed by atoms with Gasteiger partial charge in [0, 0.05) is 38.6 Å². The van der Waals surface area contributed by atoms with E-state index in [2.05, 4.69) is 40.0 Å². The van der Waals surface area contributed by atoms with E-state index < -0.39 is 0 Å². The molecule has 0 bridgehead atoms. The van der Waals surface area contributed by atoms with Crippen LogP contribution >= 0.6 is 0 Å². The van der Waals surface area contributed by atoms with Crippen LogP contribution in [-0.4, -0.2) is 66.2 Å². The predicted molar refractivity (Wildman–Crippen MR) is 143 cm³/mol. The van der Waals surface area contributed by atoms with Crippen molar-refractivity contribution in [1.29, 1.82) is 0 Å². The first kappa shape index (κ1) is 23.3. The Labute approximate surface area is 213 Å². The number of quaternary nitrogens is 1. The maximum absolute atomic E-state index is 6.98. The molecular weight excluding hydrogens is 448 g/mol. The second-order valence-electron chi connectivity index (χ2n) is 10.5. The summed E-state index contributed by atoms with van der Waals surface area (Å²) < 4.78 is 6.16. The zero-order chi connectivity index (χ0) is 24.5. The second kappa shape index (κ2) is 9.75. The molecule has 1 saturated carbocycles. The van der Waals surface area contributed by atoms with Gasteiger partial charge in [-0.2, -0.15) is 10.8 Å². The number of benzene rings is 2. The summed E-state index contributed by atoms with van der Waals surface area (Å²) in [6.45, 7) is 6.42. The van der Waals surface area contributed by atoms with Gasteiger partial charge in [0.2, 0.25) is 5.70 Å². The normalized spacial score (nSPS) is 28.1. The van der Waals surface area contributed by atoms with E-state index in [9.17, 15) is 0 Å². The zero-order valence-corrected chi connectivity index (χ0v) is 21.0. The molecule has 1 unspecified atom stereocenters. The fraction of sp³-hybridized carbons (Fsp3) is 0.379. The lowest BCUT2D eigenvalue weighted by molar-refractivity contribution is -0.750. The van der Waals surface area contributed by atoms with Gasteiger partial charge in [-0.3, -0.25) is 4.99 Å². The molecule has 3 heterocycles. The van der Waals surface area contributed by atoms with Crippen LogP contribution in [0.5, 0.6) is 5.75 Å². The van der Waals surface area contributed by atoms with Gasteiger partial charge in [0.05, 0.1) is 18.0 Å². The molecule has 1 saturated heterocycles. The largest absolute Gasteiger partial charge is 0.489 e. The quantitative estimate of drug-likeness (QED) is 0.481. The Balaban J connectivity index is 1.17. The first-order valence-corrected chi connectivity index (χ1v) is 13.0. The van der Waals surface area contributed by atoms with Crippen LogP contribution in [0.4, 0.5) is 0 Å². The molecule has 186 valence electrons. The van der Waals surface area contributed by atoms with Gasteiger partial charge < -0.3 is 14.5 Å². The summed E-state index contributed by atoms with van der Waals surface area (Å²) in [5.41, 5.74) is 4.21. The van der Waals surface area contributed by atoms with Crippen molar-refractivity contribution in [3.63, 3.8) is 0 Å². The van der Waals surface area contributed by atoms with Crippen LogP contribution in [-0.2, 0) is 6.61 Å². The third kappa shape index (κ3) is 4.55. The van der Waals surface area contributed by atoms with Crippen molar-refractivity contribution < 1.29 is 9.33 Å². The highest BCUT2D eigenvalue weighted by Crippen LogP contribution is 2.45. The van der Waals surface area contributed by atoms with Gasteiger partial charge in [-0.15, -0.1) is 4.59 Å². The van der Waals surface area contributed by atoms with Crippen LogP contribution in [0.3, 0.4) is 0 Å². The van der Waals surface area contributed by atoms with Gasteiger partial charge in [-0.1, -0.05) is 36.4 Å². The summed E-state index contributed by atoms with van der Waals surface area (Å²) in [5.74, 6) is 9.79. The van der Waals surface area contributed by atoms with E-state index in [1.807, 2.05) is 48.8 Å². The Morgan fingerprint density at radius 2 is 1.83 bits per heavy atom. The number of nitrogens with zero attached hydrogens (tertiary/aromatic N) is 5. The van der Waals surface area contributed by atoms with Crippen LogP contribution in [0.1, 0.15) is 24.0 Å². The number of ether oxygens (including phenoxy) is 1. The molecule has 0 spiro atoms. The van der Waals surface area contributed by atoms with Crippen molar-refractivity contribution in [2.75, 3.05) is 39.8 Å². The van der Waals surface area contributed by atoms with Crippen molar-refractivity contribution in [3.05, 3.63) is 89.5 Å². The van der Waals surface area contributed by atoms with Crippen LogP contribution in [0.15, 0.2) is 88.4 Å². The van der Waals surface area contributed by atoms with Crippen LogP contribution < -0.4 is 10.6 Å². The molecule has 7 heteroatoms. The van der Waals surface area contributed by atoms with Crippen molar-refractivity contribution in [1.82, 2.24) is 9.80 Å². The number of allylic oxidation sites excluding steroid dienone is 2. The molecule has 3 aliphatic heterocycles. The Bertz CT molecular complexity index is 1220. The molecule has 0 aromatic heterocycles. The first-order valence-electron chi connectivity index (χ1n) is 13.0. The van der Waals surface area contributed by atoms with E-state index >= 15 is 0 Å². The van der Waals surface area contributed by atoms with E-state index in [0.717, 1.165) is 40.0 Å². The Hall–Kier alpha value is -3.10. The molecule has 1 aliphatic carbocycles. The predicted octanol–water partition coefficient (Wildman–Crippen LogP) is 3.76. The van der Waals surface area contributed by atoms with E-state index in [1.165, 1.54) is 45.6 Å². The summed E-state index contributed by atoms with van der Waals surface area (Å²) in [6.07, 6.45) is 7.93. The maximum atomic E-state index is 6.98. The highest BCUT2D eigenvalue weighted by Gasteiger charge is 2.48. The lowest BCUT2D eigenvalue weighted by Gasteiger charge is -2.40. The SMILES string of the molecule is CN1CCN(CC2CC(C3=C4C=NC=C[N+]4(N)C(c4cccc(OCc5ccccc5)c4)=N3)C2)CC1. The van der Waals surface area contributed by atoms with Crippen LogP contribution in [0.25, 0.3) is 0 Å². The monoisotopic (exact) mass is 483 g/mol.